The van der Waals surface area contributed by atoms with Crippen LogP contribution in [0, 0.1) is 5.92 Å². The summed E-state index contributed by atoms with van der Waals surface area (Å²) in [7, 11) is 0. The van der Waals surface area contributed by atoms with E-state index in [0.29, 0.717) is 12.5 Å². The molecule has 0 bridgehead atoms. The molecule has 0 saturated carbocycles. The van der Waals surface area contributed by atoms with Crippen molar-refractivity contribution in [2.75, 3.05) is 6.61 Å². The van der Waals surface area contributed by atoms with Crippen LogP contribution in [0.2, 0.25) is 0 Å². The van der Waals surface area contributed by atoms with Crippen molar-refractivity contribution in [1.29, 1.82) is 0 Å². The average molecular weight is 363 g/mol. The molecule has 0 unspecified atom stereocenters. The van der Waals surface area contributed by atoms with Crippen molar-refractivity contribution in [2.45, 2.75) is 32.4 Å². The number of hydrogen-bond donors (Lipinski definition) is 0. The van der Waals surface area contributed by atoms with Crippen molar-refractivity contribution < 1.29 is 14.3 Å². The molecule has 4 nitrogen and oxygen atoms in total. The fourth-order valence-electron chi connectivity index (χ4n) is 3.19. The number of ether oxygens (including phenoxy) is 2. The number of aliphatic imine (C=N–C) groups is 1. The first-order chi connectivity index (χ1) is 13.0. The van der Waals surface area contributed by atoms with Crippen LogP contribution in [0.15, 0.2) is 71.7 Å². The van der Waals surface area contributed by atoms with Crippen LogP contribution in [-0.2, 0) is 14.3 Å². The monoisotopic (exact) mass is 363 g/mol. The topological polar surface area (TPSA) is 47.9 Å². The molecular weight excluding hydrogens is 338 g/mol. The first kappa shape index (κ1) is 18.9. The van der Waals surface area contributed by atoms with E-state index in [1.807, 2.05) is 72.8 Å². The number of rotatable bonds is 6. The van der Waals surface area contributed by atoms with E-state index < -0.39 is 11.6 Å². The standard InChI is InChI=1S/C23H25NO3/c1-17(2)23(16-26-22(24-23)20-12-8-5-9-13-20)21(27-18(3)25)15-14-19-10-6-4-7-11-19/h4-15,17,21H,16H2,1-3H3/t21-,23-/m1/s1. The van der Waals surface area contributed by atoms with E-state index in [4.69, 9.17) is 14.5 Å². The lowest BCUT2D eigenvalue weighted by Crippen LogP contribution is -2.48. The maximum Gasteiger partial charge on any atom is 0.303 e. The summed E-state index contributed by atoms with van der Waals surface area (Å²) in [6, 6.07) is 19.7. The van der Waals surface area contributed by atoms with Gasteiger partial charge in [0.1, 0.15) is 18.2 Å². The molecule has 3 rings (SSSR count). The molecule has 1 aliphatic rings. The zero-order chi connectivity index (χ0) is 19.3. The number of hydrogen-bond acceptors (Lipinski definition) is 4. The Labute approximate surface area is 160 Å². The molecule has 0 spiro atoms. The van der Waals surface area contributed by atoms with E-state index in [1.54, 1.807) is 0 Å². The fourth-order valence-corrected chi connectivity index (χ4v) is 3.19. The van der Waals surface area contributed by atoms with E-state index >= 15 is 0 Å². The Hall–Kier alpha value is -2.88. The highest BCUT2D eigenvalue weighted by atomic mass is 16.6. The van der Waals surface area contributed by atoms with Gasteiger partial charge in [0, 0.05) is 12.5 Å². The Kier molecular flexibility index (Phi) is 5.75. The van der Waals surface area contributed by atoms with E-state index in [0.717, 1.165) is 11.1 Å². The minimum atomic E-state index is -0.665. The molecule has 27 heavy (non-hydrogen) atoms. The van der Waals surface area contributed by atoms with Crippen LogP contribution in [0.25, 0.3) is 6.08 Å². The van der Waals surface area contributed by atoms with E-state index in [2.05, 4.69) is 13.8 Å². The zero-order valence-electron chi connectivity index (χ0n) is 16.0. The summed E-state index contributed by atoms with van der Waals surface area (Å²) in [5.41, 5.74) is 1.30. The number of nitrogens with zero attached hydrogens (tertiary/aromatic N) is 1. The molecule has 0 amide bonds. The van der Waals surface area contributed by atoms with Crippen LogP contribution < -0.4 is 0 Å². The van der Waals surface area contributed by atoms with Gasteiger partial charge in [-0.15, -0.1) is 0 Å². The highest BCUT2D eigenvalue weighted by Crippen LogP contribution is 2.35. The zero-order valence-corrected chi connectivity index (χ0v) is 16.0. The van der Waals surface area contributed by atoms with E-state index in [9.17, 15) is 4.79 Å². The third-order valence-corrected chi connectivity index (χ3v) is 4.82. The van der Waals surface area contributed by atoms with Gasteiger partial charge < -0.3 is 9.47 Å². The Morgan fingerprint density at radius 3 is 2.33 bits per heavy atom. The highest BCUT2D eigenvalue weighted by Gasteiger charge is 2.47. The van der Waals surface area contributed by atoms with Gasteiger partial charge in [-0.1, -0.05) is 68.5 Å². The van der Waals surface area contributed by atoms with Crippen molar-refractivity contribution in [1.82, 2.24) is 0 Å². The third kappa shape index (κ3) is 4.27. The van der Waals surface area contributed by atoms with E-state index in [-0.39, 0.29) is 11.9 Å². The van der Waals surface area contributed by atoms with Gasteiger partial charge in [0.2, 0.25) is 5.90 Å². The van der Waals surface area contributed by atoms with Crippen molar-refractivity contribution in [2.24, 2.45) is 10.9 Å². The summed E-state index contributed by atoms with van der Waals surface area (Å²) in [5.74, 6) is 0.374. The Bertz CT molecular complexity index is 827. The van der Waals surface area contributed by atoms with Crippen LogP contribution in [0.5, 0.6) is 0 Å². The molecular formula is C23H25NO3. The van der Waals surface area contributed by atoms with Crippen LogP contribution in [-0.4, -0.2) is 30.1 Å². The smallest absolute Gasteiger partial charge is 0.303 e. The molecule has 0 fully saturated rings. The van der Waals surface area contributed by atoms with Gasteiger partial charge in [0.05, 0.1) is 0 Å². The normalized spacial score (nSPS) is 20.4. The highest BCUT2D eigenvalue weighted by molar-refractivity contribution is 5.95. The summed E-state index contributed by atoms with van der Waals surface area (Å²) in [6.45, 7) is 5.95. The Morgan fingerprint density at radius 2 is 1.74 bits per heavy atom. The van der Waals surface area contributed by atoms with Crippen molar-refractivity contribution in [3.8, 4) is 0 Å². The quantitative estimate of drug-likeness (QED) is 0.710. The number of carbonyl (C=O) groups excluding carboxylic acids is 1. The van der Waals surface area contributed by atoms with Crippen molar-refractivity contribution in [3.63, 3.8) is 0 Å². The summed E-state index contributed by atoms with van der Waals surface area (Å²) < 4.78 is 11.6. The van der Waals surface area contributed by atoms with Gasteiger partial charge in [0.15, 0.2) is 0 Å². The van der Waals surface area contributed by atoms with Gasteiger partial charge in [0.25, 0.3) is 0 Å². The van der Waals surface area contributed by atoms with Crippen LogP contribution >= 0.6 is 0 Å². The lowest BCUT2D eigenvalue weighted by Gasteiger charge is -2.34. The summed E-state index contributed by atoms with van der Waals surface area (Å²) >= 11 is 0. The van der Waals surface area contributed by atoms with Crippen LogP contribution in [0.1, 0.15) is 31.9 Å². The lowest BCUT2D eigenvalue weighted by molar-refractivity contribution is -0.148. The van der Waals surface area contributed by atoms with Gasteiger partial charge in [-0.2, -0.15) is 0 Å². The van der Waals surface area contributed by atoms with Crippen molar-refractivity contribution in [3.05, 3.63) is 77.9 Å². The molecule has 0 saturated heterocycles. The molecule has 0 aliphatic carbocycles. The molecule has 2 aromatic carbocycles. The summed E-state index contributed by atoms with van der Waals surface area (Å²) in [4.78, 5) is 16.7. The molecule has 2 aromatic rings. The SMILES string of the molecule is CC(=O)O[C@H](C=Cc1ccccc1)[C@]1(C(C)C)COC(c2ccccc2)=N1. The predicted molar refractivity (Wildman–Crippen MR) is 108 cm³/mol. The molecule has 1 heterocycles. The molecule has 4 heteroatoms. The maximum absolute atomic E-state index is 11.8. The molecule has 0 aromatic heterocycles. The third-order valence-electron chi connectivity index (χ3n) is 4.82. The Balaban J connectivity index is 1.97. The van der Waals surface area contributed by atoms with Crippen molar-refractivity contribution >= 4 is 17.9 Å². The minimum Gasteiger partial charge on any atom is -0.475 e. The summed E-state index contributed by atoms with van der Waals surface area (Å²) in [6.07, 6.45) is 3.36. The Morgan fingerprint density at radius 1 is 1.11 bits per heavy atom. The predicted octanol–water partition coefficient (Wildman–Crippen LogP) is 4.50. The fraction of sp³-hybridized carbons (Fsp3) is 0.304. The largest absolute Gasteiger partial charge is 0.475 e. The maximum atomic E-state index is 11.8. The lowest BCUT2D eigenvalue weighted by atomic mass is 9.82. The second-order valence-corrected chi connectivity index (χ2v) is 7.02. The molecule has 140 valence electrons. The number of benzene rings is 2. The molecule has 1 aliphatic heterocycles. The van der Waals surface area contributed by atoms with E-state index in [1.165, 1.54) is 6.92 Å². The average Bonchev–Trinajstić information content (AvgIpc) is 3.13. The molecule has 0 N–H and O–H groups in total. The van der Waals surface area contributed by atoms with Crippen LogP contribution in [0.4, 0.5) is 0 Å². The first-order valence-corrected chi connectivity index (χ1v) is 9.20. The minimum absolute atomic E-state index is 0.114. The second-order valence-electron chi connectivity index (χ2n) is 7.02. The first-order valence-electron chi connectivity index (χ1n) is 9.20. The van der Waals surface area contributed by atoms with Gasteiger partial charge >= 0.3 is 5.97 Å². The van der Waals surface area contributed by atoms with Gasteiger partial charge in [-0.05, 0) is 29.7 Å². The second kappa shape index (κ2) is 8.21. The van der Waals surface area contributed by atoms with Gasteiger partial charge in [-0.25, -0.2) is 4.99 Å². The number of carbonyl (C=O) groups is 1. The number of esters is 1. The molecule has 0 radical (unpaired) electrons. The summed E-state index contributed by atoms with van der Waals surface area (Å²) in [5, 5.41) is 0. The van der Waals surface area contributed by atoms with Gasteiger partial charge in [-0.3, -0.25) is 4.79 Å². The molecule has 2 atom stereocenters. The van der Waals surface area contributed by atoms with Crippen LogP contribution in [0.3, 0.4) is 0 Å².